The van der Waals surface area contributed by atoms with Crippen LogP contribution in [0.25, 0.3) is 0 Å². The zero-order valence-corrected chi connectivity index (χ0v) is 15.1. The van der Waals surface area contributed by atoms with Crippen LogP contribution in [-0.2, 0) is 10.0 Å². The first-order valence-corrected chi connectivity index (χ1v) is 9.42. The number of pyridine rings is 1. The Morgan fingerprint density at radius 2 is 1.75 bits per heavy atom. The van der Waals surface area contributed by atoms with E-state index in [2.05, 4.69) is 15.0 Å². The fraction of sp³-hybridized carbons (Fsp3) is 0. The summed E-state index contributed by atoms with van der Waals surface area (Å²) in [5.41, 5.74) is 0.585. The van der Waals surface area contributed by atoms with Gasteiger partial charge in [0, 0.05) is 29.6 Å². The first-order chi connectivity index (χ1) is 13.3. The van der Waals surface area contributed by atoms with Crippen LogP contribution in [0.1, 0.15) is 10.4 Å². The number of carbonyl (C=O) groups excluding carboxylic acids is 1. The van der Waals surface area contributed by atoms with Crippen molar-refractivity contribution in [3.63, 3.8) is 0 Å². The minimum Gasteiger partial charge on any atom is -0.322 e. The minimum absolute atomic E-state index is 0.00435. The molecule has 0 spiro atoms. The molecule has 0 atom stereocenters. The number of benzene rings is 2. The van der Waals surface area contributed by atoms with E-state index >= 15 is 0 Å². The lowest BCUT2D eigenvalue weighted by Crippen LogP contribution is -2.14. The lowest BCUT2D eigenvalue weighted by molar-refractivity contribution is -0.384. The van der Waals surface area contributed by atoms with E-state index in [0.717, 1.165) is 6.07 Å². The lowest BCUT2D eigenvalue weighted by atomic mass is 10.2. The summed E-state index contributed by atoms with van der Waals surface area (Å²) >= 11 is 0. The third-order valence-electron chi connectivity index (χ3n) is 3.66. The molecule has 2 aromatic carbocycles. The minimum atomic E-state index is -3.80. The summed E-state index contributed by atoms with van der Waals surface area (Å²) in [5.74, 6) is -0.548. The molecule has 28 heavy (non-hydrogen) atoms. The van der Waals surface area contributed by atoms with Crippen LogP contribution in [0.4, 0.5) is 17.1 Å². The van der Waals surface area contributed by atoms with Gasteiger partial charge in [-0.05, 0) is 42.5 Å². The number of amides is 1. The van der Waals surface area contributed by atoms with E-state index in [1.807, 2.05) is 0 Å². The normalized spacial score (nSPS) is 10.9. The van der Waals surface area contributed by atoms with E-state index in [0.29, 0.717) is 11.4 Å². The summed E-state index contributed by atoms with van der Waals surface area (Å²) < 4.78 is 27.1. The fourth-order valence-corrected chi connectivity index (χ4v) is 3.36. The Bertz CT molecular complexity index is 1120. The molecule has 0 saturated heterocycles. The molecule has 0 saturated carbocycles. The molecule has 0 unspecified atom stereocenters. The lowest BCUT2D eigenvalue weighted by Gasteiger charge is -2.09. The Morgan fingerprint density at radius 3 is 2.39 bits per heavy atom. The second kappa shape index (κ2) is 7.84. The largest absolute Gasteiger partial charge is 0.322 e. The number of hydrogen-bond acceptors (Lipinski definition) is 6. The first kappa shape index (κ1) is 19.0. The zero-order chi connectivity index (χ0) is 20.1. The van der Waals surface area contributed by atoms with Crippen molar-refractivity contribution < 1.29 is 18.1 Å². The monoisotopic (exact) mass is 398 g/mol. The average Bonchev–Trinajstić information content (AvgIpc) is 2.69. The van der Waals surface area contributed by atoms with E-state index in [1.165, 1.54) is 54.9 Å². The third kappa shape index (κ3) is 4.48. The molecule has 0 aliphatic carbocycles. The van der Waals surface area contributed by atoms with E-state index < -0.39 is 20.9 Å². The van der Waals surface area contributed by atoms with E-state index in [9.17, 15) is 23.3 Å². The van der Waals surface area contributed by atoms with Crippen molar-refractivity contribution in [3.05, 3.63) is 88.7 Å². The predicted molar refractivity (Wildman–Crippen MR) is 103 cm³/mol. The molecule has 3 rings (SSSR count). The second-order valence-corrected chi connectivity index (χ2v) is 7.32. The summed E-state index contributed by atoms with van der Waals surface area (Å²) in [6, 6.07) is 14.0. The maximum absolute atomic E-state index is 12.4. The topological polar surface area (TPSA) is 131 Å². The molecular weight excluding hydrogens is 384 g/mol. The summed E-state index contributed by atoms with van der Waals surface area (Å²) in [5, 5.41) is 13.4. The predicted octanol–water partition coefficient (Wildman–Crippen LogP) is 3.04. The van der Waals surface area contributed by atoms with Gasteiger partial charge in [-0.15, -0.1) is 0 Å². The maximum Gasteiger partial charge on any atom is 0.270 e. The Kier molecular flexibility index (Phi) is 5.32. The number of sulfonamides is 1. The van der Waals surface area contributed by atoms with Crippen molar-refractivity contribution in [3.8, 4) is 0 Å². The van der Waals surface area contributed by atoms with Crippen molar-refractivity contribution in [1.82, 2.24) is 4.98 Å². The van der Waals surface area contributed by atoms with Gasteiger partial charge in [-0.3, -0.25) is 24.6 Å². The molecule has 1 heterocycles. The third-order valence-corrected chi connectivity index (χ3v) is 5.05. The van der Waals surface area contributed by atoms with Gasteiger partial charge in [0.2, 0.25) is 0 Å². The number of aromatic nitrogens is 1. The Balaban J connectivity index is 1.73. The smallest absolute Gasteiger partial charge is 0.270 e. The molecule has 1 amide bonds. The number of nitrogens with zero attached hydrogens (tertiary/aromatic N) is 2. The molecule has 0 bridgehead atoms. The Labute approximate surface area is 160 Å². The number of hydrogen-bond donors (Lipinski definition) is 2. The Hall–Kier alpha value is -3.79. The molecule has 0 fully saturated rings. The molecule has 1 aromatic heterocycles. The van der Waals surface area contributed by atoms with Crippen molar-refractivity contribution in [1.29, 1.82) is 0 Å². The summed E-state index contributed by atoms with van der Waals surface area (Å²) in [4.78, 5) is 26.3. The number of nitro benzene ring substituents is 1. The number of carbonyl (C=O) groups is 1. The molecule has 0 aliphatic heterocycles. The van der Waals surface area contributed by atoms with Crippen LogP contribution in [0.5, 0.6) is 0 Å². The van der Waals surface area contributed by atoms with Gasteiger partial charge < -0.3 is 5.32 Å². The molecular formula is C18H14N4O5S. The number of nitrogens with one attached hydrogen (secondary N) is 2. The Morgan fingerprint density at radius 1 is 1.00 bits per heavy atom. The SMILES string of the molecule is O=C(Nc1ccc(S(=O)(=O)Nc2cccnc2)cc1)c1cccc([N+](=O)[O-])c1. The van der Waals surface area contributed by atoms with Crippen LogP contribution in [-0.4, -0.2) is 24.2 Å². The number of anilines is 2. The molecule has 0 aliphatic rings. The zero-order valence-electron chi connectivity index (χ0n) is 14.3. The van der Waals surface area contributed by atoms with Crippen molar-refractivity contribution >= 4 is 33.0 Å². The molecule has 9 nitrogen and oxygen atoms in total. The number of rotatable bonds is 6. The van der Waals surface area contributed by atoms with Crippen LogP contribution < -0.4 is 10.0 Å². The van der Waals surface area contributed by atoms with Gasteiger partial charge in [-0.1, -0.05) is 6.07 Å². The van der Waals surface area contributed by atoms with Crippen molar-refractivity contribution in [2.24, 2.45) is 0 Å². The van der Waals surface area contributed by atoms with E-state index in [-0.39, 0.29) is 16.1 Å². The van der Waals surface area contributed by atoms with Gasteiger partial charge in [-0.2, -0.15) is 0 Å². The van der Waals surface area contributed by atoms with Crippen LogP contribution in [0.3, 0.4) is 0 Å². The van der Waals surface area contributed by atoms with Crippen LogP contribution >= 0.6 is 0 Å². The van der Waals surface area contributed by atoms with Gasteiger partial charge >= 0.3 is 0 Å². The van der Waals surface area contributed by atoms with Gasteiger partial charge in [0.05, 0.1) is 21.7 Å². The highest BCUT2D eigenvalue weighted by Gasteiger charge is 2.15. The molecule has 0 radical (unpaired) electrons. The van der Waals surface area contributed by atoms with Crippen LogP contribution in [0.2, 0.25) is 0 Å². The fourth-order valence-electron chi connectivity index (χ4n) is 2.32. The summed E-state index contributed by atoms with van der Waals surface area (Å²) in [7, 11) is -3.80. The maximum atomic E-state index is 12.4. The van der Waals surface area contributed by atoms with Crippen molar-refractivity contribution in [2.75, 3.05) is 10.0 Å². The van der Waals surface area contributed by atoms with Crippen LogP contribution in [0.15, 0.2) is 78.0 Å². The molecule has 10 heteroatoms. The number of nitro groups is 1. The second-order valence-electron chi connectivity index (χ2n) is 5.63. The average molecular weight is 398 g/mol. The first-order valence-electron chi connectivity index (χ1n) is 7.94. The van der Waals surface area contributed by atoms with Gasteiger partial charge in [-0.25, -0.2) is 8.42 Å². The van der Waals surface area contributed by atoms with E-state index in [1.54, 1.807) is 12.1 Å². The number of non-ortho nitro benzene ring substituents is 1. The summed E-state index contributed by atoms with van der Waals surface area (Å²) in [6.07, 6.45) is 2.90. The molecule has 142 valence electrons. The quantitative estimate of drug-likeness (QED) is 0.485. The molecule has 2 N–H and O–H groups in total. The van der Waals surface area contributed by atoms with E-state index in [4.69, 9.17) is 0 Å². The van der Waals surface area contributed by atoms with Crippen molar-refractivity contribution in [2.45, 2.75) is 4.90 Å². The van der Waals surface area contributed by atoms with Gasteiger partial charge in [0.25, 0.3) is 21.6 Å². The highest BCUT2D eigenvalue weighted by Crippen LogP contribution is 2.19. The standard InChI is InChI=1S/C18H14N4O5S/c23-18(13-3-1-5-16(11-13)22(24)25)20-14-6-8-17(9-7-14)28(26,27)21-15-4-2-10-19-12-15/h1-12,21H,(H,20,23). The molecule has 3 aromatic rings. The highest BCUT2D eigenvalue weighted by molar-refractivity contribution is 7.92. The highest BCUT2D eigenvalue weighted by atomic mass is 32.2. The van der Waals surface area contributed by atoms with Gasteiger partial charge in [0.15, 0.2) is 0 Å². The van der Waals surface area contributed by atoms with Gasteiger partial charge in [0.1, 0.15) is 0 Å². The van der Waals surface area contributed by atoms with Crippen LogP contribution in [0, 0.1) is 10.1 Å². The summed E-state index contributed by atoms with van der Waals surface area (Å²) in [6.45, 7) is 0.